The van der Waals surface area contributed by atoms with Crippen LogP contribution in [0, 0.1) is 11.8 Å². The first-order valence-electron chi connectivity index (χ1n) is 6.33. The Morgan fingerprint density at radius 1 is 1.47 bits per heavy atom. The number of hydrogen-bond acceptors (Lipinski definition) is 2. The third-order valence-corrected chi connectivity index (χ3v) is 3.33. The second-order valence-electron chi connectivity index (χ2n) is 4.81. The molecule has 1 aromatic rings. The van der Waals surface area contributed by atoms with E-state index in [1.165, 1.54) is 12.0 Å². The summed E-state index contributed by atoms with van der Waals surface area (Å²) in [6.07, 6.45) is 3.15. The van der Waals surface area contributed by atoms with Gasteiger partial charge in [-0.1, -0.05) is 37.8 Å². The molecule has 0 amide bonds. The van der Waals surface area contributed by atoms with Crippen LogP contribution in [0.1, 0.15) is 18.9 Å². The third kappa shape index (κ3) is 3.60. The van der Waals surface area contributed by atoms with E-state index in [1.807, 2.05) is 12.1 Å². The van der Waals surface area contributed by atoms with E-state index in [1.54, 1.807) is 6.08 Å². The van der Waals surface area contributed by atoms with Crippen LogP contribution < -0.4 is 10.1 Å². The lowest BCUT2D eigenvalue weighted by Gasteiger charge is -2.10. The molecule has 0 heterocycles. The molecule has 92 valence electrons. The molecule has 1 N–H and O–H groups in total. The van der Waals surface area contributed by atoms with Crippen molar-refractivity contribution < 1.29 is 4.74 Å². The Morgan fingerprint density at radius 2 is 2.24 bits per heavy atom. The first-order chi connectivity index (χ1) is 8.31. The average molecular weight is 231 g/mol. The van der Waals surface area contributed by atoms with Gasteiger partial charge in [-0.2, -0.15) is 0 Å². The molecular weight excluding hydrogens is 210 g/mol. The molecule has 1 aliphatic carbocycles. The van der Waals surface area contributed by atoms with Crippen LogP contribution in [0.3, 0.4) is 0 Å². The second-order valence-corrected chi connectivity index (χ2v) is 4.81. The Bertz CT molecular complexity index is 375. The maximum Gasteiger partial charge on any atom is 0.124 e. The Kier molecular flexibility index (Phi) is 4.21. The number of nitrogens with one attached hydrogen (secondary N) is 1. The zero-order chi connectivity index (χ0) is 12.1. The predicted octanol–water partition coefficient (Wildman–Crippen LogP) is 3.00. The van der Waals surface area contributed by atoms with E-state index in [0.717, 1.165) is 30.7 Å². The molecule has 2 heteroatoms. The lowest BCUT2D eigenvalue weighted by Crippen LogP contribution is -2.17. The van der Waals surface area contributed by atoms with Crippen molar-refractivity contribution in [1.82, 2.24) is 5.32 Å². The zero-order valence-electron chi connectivity index (χ0n) is 10.5. The van der Waals surface area contributed by atoms with Gasteiger partial charge in [-0.15, -0.1) is 0 Å². The van der Waals surface area contributed by atoms with E-state index in [0.29, 0.717) is 6.61 Å². The maximum atomic E-state index is 5.62. The minimum Gasteiger partial charge on any atom is -0.489 e. The molecule has 0 saturated heterocycles. The SMILES string of the molecule is C=CCOc1ccccc1CNCC1CC1C. The predicted molar refractivity (Wildman–Crippen MR) is 71.1 cm³/mol. The molecule has 1 fully saturated rings. The summed E-state index contributed by atoms with van der Waals surface area (Å²) in [4.78, 5) is 0. The van der Waals surface area contributed by atoms with Crippen LogP contribution in [0.4, 0.5) is 0 Å². The van der Waals surface area contributed by atoms with Crippen molar-refractivity contribution in [2.24, 2.45) is 11.8 Å². The molecule has 0 radical (unpaired) electrons. The summed E-state index contributed by atoms with van der Waals surface area (Å²) in [6, 6.07) is 8.18. The molecule has 2 rings (SSSR count). The van der Waals surface area contributed by atoms with Crippen LogP contribution in [-0.4, -0.2) is 13.2 Å². The average Bonchev–Trinajstić information content (AvgIpc) is 3.04. The normalized spacial score (nSPS) is 22.2. The maximum absolute atomic E-state index is 5.62. The summed E-state index contributed by atoms with van der Waals surface area (Å²) >= 11 is 0. The first kappa shape index (κ1) is 12.2. The highest BCUT2D eigenvalue weighted by Gasteiger charge is 2.31. The minimum absolute atomic E-state index is 0.566. The van der Waals surface area contributed by atoms with Crippen LogP contribution in [0.5, 0.6) is 5.75 Å². The molecule has 1 aliphatic rings. The highest BCUT2D eigenvalue weighted by molar-refractivity contribution is 5.33. The van der Waals surface area contributed by atoms with Gasteiger partial charge in [-0.3, -0.25) is 0 Å². The Morgan fingerprint density at radius 3 is 2.94 bits per heavy atom. The number of rotatable bonds is 7. The van der Waals surface area contributed by atoms with E-state index in [4.69, 9.17) is 4.74 Å². The van der Waals surface area contributed by atoms with Gasteiger partial charge in [0.2, 0.25) is 0 Å². The fourth-order valence-electron chi connectivity index (χ4n) is 2.02. The second kappa shape index (κ2) is 5.87. The van der Waals surface area contributed by atoms with Crippen LogP contribution in [0.2, 0.25) is 0 Å². The van der Waals surface area contributed by atoms with Gasteiger partial charge in [0.15, 0.2) is 0 Å². The fourth-order valence-corrected chi connectivity index (χ4v) is 2.02. The first-order valence-corrected chi connectivity index (χ1v) is 6.33. The van der Waals surface area contributed by atoms with Crippen molar-refractivity contribution in [3.63, 3.8) is 0 Å². The molecule has 0 aromatic heterocycles. The minimum atomic E-state index is 0.566. The summed E-state index contributed by atoms with van der Waals surface area (Å²) in [6.45, 7) is 8.55. The fraction of sp³-hybridized carbons (Fsp3) is 0.467. The Balaban J connectivity index is 1.83. The van der Waals surface area contributed by atoms with Gasteiger partial charge in [-0.25, -0.2) is 0 Å². The zero-order valence-corrected chi connectivity index (χ0v) is 10.5. The number of para-hydroxylation sites is 1. The van der Waals surface area contributed by atoms with Crippen molar-refractivity contribution >= 4 is 0 Å². The van der Waals surface area contributed by atoms with Crippen LogP contribution in [-0.2, 0) is 6.54 Å². The number of benzene rings is 1. The standard InChI is InChI=1S/C15H21NO/c1-3-8-17-15-7-5-4-6-13(15)10-16-11-14-9-12(14)2/h3-7,12,14,16H,1,8-11H2,2H3. The molecule has 2 nitrogen and oxygen atoms in total. The molecule has 1 aromatic carbocycles. The van der Waals surface area contributed by atoms with Crippen molar-refractivity contribution in [2.75, 3.05) is 13.2 Å². The monoisotopic (exact) mass is 231 g/mol. The molecular formula is C15H21NO. The van der Waals surface area contributed by atoms with E-state index >= 15 is 0 Å². The molecule has 2 unspecified atom stereocenters. The Labute approximate surface area is 104 Å². The van der Waals surface area contributed by atoms with Gasteiger partial charge in [0.05, 0.1) is 0 Å². The molecule has 0 spiro atoms. The van der Waals surface area contributed by atoms with Gasteiger partial charge in [-0.05, 0) is 30.9 Å². The summed E-state index contributed by atoms with van der Waals surface area (Å²) < 4.78 is 5.62. The van der Waals surface area contributed by atoms with Crippen molar-refractivity contribution in [2.45, 2.75) is 19.9 Å². The van der Waals surface area contributed by atoms with Crippen LogP contribution in [0.25, 0.3) is 0 Å². The number of ether oxygens (including phenoxy) is 1. The molecule has 2 atom stereocenters. The molecule has 0 bridgehead atoms. The quantitative estimate of drug-likeness (QED) is 0.728. The van der Waals surface area contributed by atoms with Crippen molar-refractivity contribution in [3.8, 4) is 5.75 Å². The smallest absolute Gasteiger partial charge is 0.124 e. The van der Waals surface area contributed by atoms with Crippen molar-refractivity contribution in [1.29, 1.82) is 0 Å². The summed E-state index contributed by atoms with van der Waals surface area (Å²) in [5.74, 6) is 2.76. The highest BCUT2D eigenvalue weighted by atomic mass is 16.5. The van der Waals surface area contributed by atoms with Gasteiger partial charge >= 0.3 is 0 Å². The molecule has 0 aliphatic heterocycles. The van der Waals surface area contributed by atoms with Gasteiger partial charge in [0.1, 0.15) is 12.4 Å². The van der Waals surface area contributed by atoms with Crippen molar-refractivity contribution in [3.05, 3.63) is 42.5 Å². The van der Waals surface area contributed by atoms with E-state index in [-0.39, 0.29) is 0 Å². The lowest BCUT2D eigenvalue weighted by atomic mass is 10.2. The number of hydrogen-bond donors (Lipinski definition) is 1. The van der Waals surface area contributed by atoms with E-state index in [9.17, 15) is 0 Å². The van der Waals surface area contributed by atoms with Gasteiger partial charge < -0.3 is 10.1 Å². The van der Waals surface area contributed by atoms with Crippen LogP contribution >= 0.6 is 0 Å². The molecule has 1 saturated carbocycles. The Hall–Kier alpha value is -1.28. The van der Waals surface area contributed by atoms with Gasteiger partial charge in [0, 0.05) is 12.1 Å². The highest BCUT2D eigenvalue weighted by Crippen LogP contribution is 2.36. The lowest BCUT2D eigenvalue weighted by molar-refractivity contribution is 0.357. The summed E-state index contributed by atoms with van der Waals surface area (Å²) in [5.41, 5.74) is 1.22. The van der Waals surface area contributed by atoms with E-state index in [2.05, 4.69) is 31.0 Å². The van der Waals surface area contributed by atoms with Gasteiger partial charge in [0.25, 0.3) is 0 Å². The van der Waals surface area contributed by atoms with E-state index < -0.39 is 0 Å². The summed E-state index contributed by atoms with van der Waals surface area (Å²) in [5, 5.41) is 3.51. The largest absolute Gasteiger partial charge is 0.489 e. The molecule has 17 heavy (non-hydrogen) atoms. The van der Waals surface area contributed by atoms with Crippen LogP contribution in [0.15, 0.2) is 36.9 Å². The third-order valence-electron chi connectivity index (χ3n) is 3.33. The summed E-state index contributed by atoms with van der Waals surface area (Å²) in [7, 11) is 0. The topological polar surface area (TPSA) is 21.3 Å².